The standard InChI is InChI=1S/C14H13F2NO/c1-18-14-5-3-2-4-10(14)9-17-13-8-11(15)6-7-12(13)16/h2-8,17H,9H2,1H3. The number of ether oxygens (including phenoxy) is 1. The van der Waals surface area contributed by atoms with Crippen LogP contribution in [-0.2, 0) is 6.54 Å². The molecule has 0 radical (unpaired) electrons. The lowest BCUT2D eigenvalue weighted by Crippen LogP contribution is -2.03. The Morgan fingerprint density at radius 2 is 1.89 bits per heavy atom. The van der Waals surface area contributed by atoms with Crippen molar-refractivity contribution in [2.75, 3.05) is 12.4 Å². The molecule has 2 aromatic carbocycles. The minimum Gasteiger partial charge on any atom is -0.496 e. The number of hydrogen-bond acceptors (Lipinski definition) is 2. The van der Waals surface area contributed by atoms with E-state index in [2.05, 4.69) is 5.32 Å². The molecule has 0 amide bonds. The van der Waals surface area contributed by atoms with E-state index >= 15 is 0 Å². The van der Waals surface area contributed by atoms with Gasteiger partial charge in [0.2, 0.25) is 0 Å². The van der Waals surface area contributed by atoms with E-state index in [0.717, 1.165) is 23.8 Å². The van der Waals surface area contributed by atoms with E-state index in [9.17, 15) is 8.78 Å². The first-order chi connectivity index (χ1) is 8.70. The number of halogens is 2. The molecule has 0 saturated carbocycles. The molecular formula is C14H13F2NO. The van der Waals surface area contributed by atoms with Gasteiger partial charge in [0.15, 0.2) is 0 Å². The van der Waals surface area contributed by atoms with E-state index < -0.39 is 11.6 Å². The number of para-hydroxylation sites is 1. The van der Waals surface area contributed by atoms with Gasteiger partial charge in [-0.2, -0.15) is 0 Å². The molecule has 0 bridgehead atoms. The molecule has 0 heterocycles. The van der Waals surface area contributed by atoms with Gasteiger partial charge in [0, 0.05) is 12.1 Å². The van der Waals surface area contributed by atoms with Gasteiger partial charge in [-0.15, -0.1) is 0 Å². The molecule has 0 saturated heterocycles. The molecule has 0 aliphatic heterocycles. The smallest absolute Gasteiger partial charge is 0.146 e. The van der Waals surface area contributed by atoms with Crippen molar-refractivity contribution in [1.29, 1.82) is 0 Å². The first-order valence-electron chi connectivity index (χ1n) is 5.51. The molecule has 2 aromatic rings. The quantitative estimate of drug-likeness (QED) is 0.894. The minimum atomic E-state index is -0.480. The summed E-state index contributed by atoms with van der Waals surface area (Å²) in [6, 6.07) is 10.7. The molecule has 0 aromatic heterocycles. The van der Waals surface area contributed by atoms with Gasteiger partial charge in [-0.3, -0.25) is 0 Å². The Balaban J connectivity index is 2.14. The average Bonchev–Trinajstić information content (AvgIpc) is 2.40. The normalized spacial score (nSPS) is 10.2. The van der Waals surface area contributed by atoms with Crippen molar-refractivity contribution in [3.05, 3.63) is 59.7 Å². The maximum Gasteiger partial charge on any atom is 0.146 e. The van der Waals surface area contributed by atoms with Crippen LogP contribution >= 0.6 is 0 Å². The van der Waals surface area contributed by atoms with Crippen molar-refractivity contribution in [3.63, 3.8) is 0 Å². The van der Waals surface area contributed by atoms with Crippen LogP contribution in [0, 0.1) is 11.6 Å². The monoisotopic (exact) mass is 249 g/mol. The molecule has 2 nitrogen and oxygen atoms in total. The van der Waals surface area contributed by atoms with Crippen molar-refractivity contribution in [2.45, 2.75) is 6.54 Å². The molecule has 18 heavy (non-hydrogen) atoms. The number of hydrogen-bond donors (Lipinski definition) is 1. The highest BCUT2D eigenvalue weighted by Crippen LogP contribution is 2.20. The van der Waals surface area contributed by atoms with Gasteiger partial charge < -0.3 is 10.1 Å². The van der Waals surface area contributed by atoms with Gasteiger partial charge in [-0.25, -0.2) is 8.78 Å². The zero-order valence-corrected chi connectivity index (χ0v) is 9.91. The zero-order valence-electron chi connectivity index (χ0n) is 9.91. The molecule has 1 N–H and O–H groups in total. The van der Waals surface area contributed by atoms with Gasteiger partial charge >= 0.3 is 0 Å². The van der Waals surface area contributed by atoms with Gasteiger partial charge in [0.1, 0.15) is 17.4 Å². The molecule has 94 valence electrons. The van der Waals surface area contributed by atoms with Crippen molar-refractivity contribution >= 4 is 5.69 Å². The summed E-state index contributed by atoms with van der Waals surface area (Å²) in [5.74, 6) is -0.243. The largest absolute Gasteiger partial charge is 0.496 e. The lowest BCUT2D eigenvalue weighted by molar-refractivity contribution is 0.410. The van der Waals surface area contributed by atoms with Crippen LogP contribution in [0.2, 0.25) is 0 Å². The zero-order chi connectivity index (χ0) is 13.0. The molecule has 0 fully saturated rings. The molecule has 0 spiro atoms. The average molecular weight is 249 g/mol. The van der Waals surface area contributed by atoms with Crippen LogP contribution in [0.1, 0.15) is 5.56 Å². The fourth-order valence-corrected chi connectivity index (χ4v) is 1.67. The van der Waals surface area contributed by atoms with Crippen molar-refractivity contribution in [2.24, 2.45) is 0 Å². The van der Waals surface area contributed by atoms with Gasteiger partial charge in [-0.05, 0) is 24.3 Å². The number of benzene rings is 2. The maximum absolute atomic E-state index is 13.4. The Morgan fingerprint density at radius 1 is 1.11 bits per heavy atom. The summed E-state index contributed by atoms with van der Waals surface area (Å²) in [5.41, 5.74) is 1.02. The molecule has 0 aliphatic rings. The first kappa shape index (κ1) is 12.4. The van der Waals surface area contributed by atoms with Gasteiger partial charge in [0.05, 0.1) is 12.8 Å². The first-order valence-corrected chi connectivity index (χ1v) is 5.51. The topological polar surface area (TPSA) is 21.3 Å². The van der Waals surface area contributed by atoms with Crippen molar-refractivity contribution in [1.82, 2.24) is 0 Å². The third-order valence-electron chi connectivity index (χ3n) is 2.59. The number of rotatable bonds is 4. The Labute approximate surface area is 104 Å². The summed E-state index contributed by atoms with van der Waals surface area (Å²) < 4.78 is 31.6. The van der Waals surface area contributed by atoms with Crippen molar-refractivity contribution in [3.8, 4) is 5.75 Å². The van der Waals surface area contributed by atoms with Crippen LogP contribution in [0.4, 0.5) is 14.5 Å². The Kier molecular flexibility index (Phi) is 3.77. The molecule has 0 unspecified atom stereocenters. The van der Waals surface area contributed by atoms with E-state index in [1.54, 1.807) is 7.11 Å². The number of anilines is 1. The van der Waals surface area contributed by atoms with Crippen LogP contribution in [0.5, 0.6) is 5.75 Å². The van der Waals surface area contributed by atoms with E-state index in [-0.39, 0.29) is 5.69 Å². The van der Waals surface area contributed by atoms with E-state index in [4.69, 9.17) is 4.74 Å². The van der Waals surface area contributed by atoms with E-state index in [1.807, 2.05) is 24.3 Å². The predicted molar refractivity (Wildman–Crippen MR) is 66.7 cm³/mol. The third-order valence-corrected chi connectivity index (χ3v) is 2.59. The van der Waals surface area contributed by atoms with E-state index in [0.29, 0.717) is 12.3 Å². The highest BCUT2D eigenvalue weighted by Gasteiger charge is 2.05. The summed E-state index contributed by atoms with van der Waals surface area (Å²) in [5, 5.41) is 2.85. The molecule has 4 heteroatoms. The fraction of sp³-hybridized carbons (Fsp3) is 0.143. The molecular weight excluding hydrogens is 236 g/mol. The fourth-order valence-electron chi connectivity index (χ4n) is 1.67. The van der Waals surface area contributed by atoms with Crippen LogP contribution < -0.4 is 10.1 Å². The van der Waals surface area contributed by atoms with E-state index in [1.165, 1.54) is 0 Å². The lowest BCUT2D eigenvalue weighted by atomic mass is 10.2. The second-order valence-corrected chi connectivity index (χ2v) is 3.79. The second-order valence-electron chi connectivity index (χ2n) is 3.79. The summed E-state index contributed by atoms with van der Waals surface area (Å²) in [7, 11) is 1.57. The summed E-state index contributed by atoms with van der Waals surface area (Å²) in [6.45, 7) is 0.365. The molecule has 2 rings (SSSR count). The summed E-state index contributed by atoms with van der Waals surface area (Å²) in [4.78, 5) is 0. The van der Waals surface area contributed by atoms with Gasteiger partial charge in [-0.1, -0.05) is 18.2 Å². The Hall–Kier alpha value is -2.10. The lowest BCUT2D eigenvalue weighted by Gasteiger charge is -2.11. The van der Waals surface area contributed by atoms with Crippen LogP contribution in [0.15, 0.2) is 42.5 Å². The SMILES string of the molecule is COc1ccccc1CNc1cc(F)ccc1F. The Bertz CT molecular complexity index is 543. The second kappa shape index (κ2) is 5.49. The minimum absolute atomic E-state index is 0.140. The highest BCUT2D eigenvalue weighted by atomic mass is 19.1. The Morgan fingerprint density at radius 3 is 2.67 bits per heavy atom. The molecule has 0 atom stereocenters. The van der Waals surface area contributed by atoms with Gasteiger partial charge in [0.25, 0.3) is 0 Å². The molecule has 0 aliphatic carbocycles. The number of methoxy groups -OCH3 is 1. The summed E-state index contributed by atoms with van der Waals surface area (Å²) >= 11 is 0. The van der Waals surface area contributed by atoms with Crippen molar-refractivity contribution < 1.29 is 13.5 Å². The maximum atomic E-state index is 13.4. The summed E-state index contributed by atoms with van der Waals surface area (Å²) in [6.07, 6.45) is 0. The third kappa shape index (κ3) is 2.77. The number of nitrogens with one attached hydrogen (secondary N) is 1. The van der Waals surface area contributed by atoms with Crippen LogP contribution in [0.25, 0.3) is 0 Å². The van der Waals surface area contributed by atoms with Crippen LogP contribution in [-0.4, -0.2) is 7.11 Å². The van der Waals surface area contributed by atoms with Crippen LogP contribution in [0.3, 0.4) is 0 Å². The highest BCUT2D eigenvalue weighted by molar-refractivity contribution is 5.46. The predicted octanol–water partition coefficient (Wildman–Crippen LogP) is 3.59.